The second-order valence-electron chi connectivity index (χ2n) is 4.82. The fourth-order valence-electron chi connectivity index (χ4n) is 2.75. The van der Waals surface area contributed by atoms with Gasteiger partial charge < -0.3 is 21.7 Å². The molecule has 18 heavy (non-hydrogen) atoms. The van der Waals surface area contributed by atoms with Crippen molar-refractivity contribution >= 4 is 10.8 Å². The molecule has 0 heterocycles. The summed E-state index contributed by atoms with van der Waals surface area (Å²) in [6.07, 6.45) is -2.05. The van der Waals surface area contributed by atoms with Gasteiger partial charge in [-0.15, -0.1) is 0 Å². The maximum absolute atomic E-state index is 9.97. The fourth-order valence-corrected chi connectivity index (χ4v) is 2.75. The van der Waals surface area contributed by atoms with E-state index in [4.69, 9.17) is 11.5 Å². The molecule has 2 aromatic carbocycles. The van der Waals surface area contributed by atoms with E-state index in [-0.39, 0.29) is 0 Å². The van der Waals surface area contributed by atoms with E-state index >= 15 is 0 Å². The molecular weight excluding hydrogens is 228 g/mol. The molecule has 0 aromatic heterocycles. The van der Waals surface area contributed by atoms with E-state index in [0.717, 1.165) is 21.9 Å². The third-order valence-electron chi connectivity index (χ3n) is 3.78. The van der Waals surface area contributed by atoms with Gasteiger partial charge in [0.1, 0.15) is 12.2 Å². The van der Waals surface area contributed by atoms with Crippen LogP contribution in [0.3, 0.4) is 0 Å². The smallest absolute Gasteiger partial charge is 0.101 e. The Labute approximate surface area is 105 Å². The Morgan fingerprint density at radius 2 is 1.50 bits per heavy atom. The molecule has 4 nitrogen and oxygen atoms in total. The van der Waals surface area contributed by atoms with Gasteiger partial charge in [0.05, 0.1) is 12.1 Å². The Balaban J connectivity index is 2.32. The first kappa shape index (κ1) is 11.6. The molecule has 2 aromatic rings. The number of rotatable bonds is 0. The van der Waals surface area contributed by atoms with Gasteiger partial charge in [0.25, 0.3) is 0 Å². The van der Waals surface area contributed by atoms with Gasteiger partial charge in [-0.3, -0.25) is 0 Å². The van der Waals surface area contributed by atoms with Crippen molar-refractivity contribution < 1.29 is 10.2 Å². The van der Waals surface area contributed by atoms with Crippen molar-refractivity contribution in [2.75, 3.05) is 0 Å². The van der Waals surface area contributed by atoms with Crippen molar-refractivity contribution in [2.24, 2.45) is 11.5 Å². The maximum atomic E-state index is 9.97. The third kappa shape index (κ3) is 1.47. The minimum atomic E-state index is -1.03. The van der Waals surface area contributed by atoms with E-state index in [1.165, 1.54) is 0 Å². The van der Waals surface area contributed by atoms with Crippen molar-refractivity contribution in [1.82, 2.24) is 0 Å². The first-order chi connectivity index (χ1) is 8.61. The lowest BCUT2D eigenvalue weighted by atomic mass is 9.79. The molecule has 3 rings (SSSR count). The summed E-state index contributed by atoms with van der Waals surface area (Å²) in [5.74, 6) is 0. The predicted molar refractivity (Wildman–Crippen MR) is 69.8 cm³/mol. The number of hydrogen-bond donors (Lipinski definition) is 4. The van der Waals surface area contributed by atoms with E-state index < -0.39 is 24.3 Å². The lowest BCUT2D eigenvalue weighted by Crippen LogP contribution is -2.47. The number of nitrogens with two attached hydrogens (primary N) is 2. The second-order valence-corrected chi connectivity index (χ2v) is 4.82. The molecule has 0 aliphatic heterocycles. The van der Waals surface area contributed by atoms with Crippen LogP contribution in [-0.2, 0) is 0 Å². The van der Waals surface area contributed by atoms with Crippen LogP contribution in [0.2, 0.25) is 0 Å². The number of fused-ring (bicyclic) bond motifs is 3. The summed E-state index contributed by atoms with van der Waals surface area (Å²) >= 11 is 0. The van der Waals surface area contributed by atoms with Crippen molar-refractivity contribution in [1.29, 1.82) is 0 Å². The highest BCUT2D eigenvalue weighted by molar-refractivity contribution is 5.87. The summed E-state index contributed by atoms with van der Waals surface area (Å²) in [7, 11) is 0. The summed E-state index contributed by atoms with van der Waals surface area (Å²) in [6, 6.07) is 10.5. The molecule has 0 bridgehead atoms. The molecule has 94 valence electrons. The zero-order valence-corrected chi connectivity index (χ0v) is 9.82. The Morgan fingerprint density at radius 1 is 0.833 bits per heavy atom. The van der Waals surface area contributed by atoms with Crippen molar-refractivity contribution in [3.8, 4) is 0 Å². The van der Waals surface area contributed by atoms with Crippen LogP contribution in [0.1, 0.15) is 23.2 Å². The quantitative estimate of drug-likeness (QED) is 0.545. The highest BCUT2D eigenvalue weighted by Crippen LogP contribution is 2.38. The fraction of sp³-hybridized carbons (Fsp3) is 0.286. The van der Waals surface area contributed by atoms with Crippen LogP contribution in [-0.4, -0.2) is 22.4 Å². The lowest BCUT2D eigenvalue weighted by molar-refractivity contribution is -0.0192. The Morgan fingerprint density at radius 3 is 2.28 bits per heavy atom. The van der Waals surface area contributed by atoms with E-state index in [1.54, 1.807) is 0 Å². The van der Waals surface area contributed by atoms with Gasteiger partial charge in [-0.1, -0.05) is 36.4 Å². The van der Waals surface area contributed by atoms with Gasteiger partial charge in [0.15, 0.2) is 0 Å². The molecular formula is C14H16N2O2. The Kier molecular flexibility index (Phi) is 2.60. The molecule has 4 heteroatoms. The van der Waals surface area contributed by atoms with Crippen LogP contribution < -0.4 is 11.5 Å². The first-order valence-electron chi connectivity index (χ1n) is 6.00. The number of benzene rings is 2. The van der Waals surface area contributed by atoms with Gasteiger partial charge in [-0.25, -0.2) is 0 Å². The molecule has 0 saturated carbocycles. The number of aliphatic hydroxyl groups excluding tert-OH is 2. The van der Waals surface area contributed by atoms with Crippen LogP contribution in [0.5, 0.6) is 0 Å². The Hall–Kier alpha value is -1.46. The SMILES string of the molecule is N[C@@H]1c2c(ccc3ccccc23)[C@H](N)[C@@H](O)[C@H]1O. The zero-order chi connectivity index (χ0) is 12.9. The molecule has 1 aliphatic rings. The van der Waals surface area contributed by atoms with Gasteiger partial charge >= 0.3 is 0 Å². The minimum Gasteiger partial charge on any atom is -0.388 e. The normalized spacial score (nSPS) is 31.3. The van der Waals surface area contributed by atoms with Crippen LogP contribution in [0.4, 0.5) is 0 Å². The molecule has 1 aliphatic carbocycles. The molecule has 0 radical (unpaired) electrons. The Bertz CT molecular complexity index is 599. The second kappa shape index (κ2) is 4.03. The van der Waals surface area contributed by atoms with Gasteiger partial charge in [0.2, 0.25) is 0 Å². The molecule has 0 unspecified atom stereocenters. The van der Waals surface area contributed by atoms with Gasteiger partial charge in [0, 0.05) is 0 Å². The zero-order valence-electron chi connectivity index (χ0n) is 9.82. The van der Waals surface area contributed by atoms with E-state index in [2.05, 4.69) is 0 Å². The lowest BCUT2D eigenvalue weighted by Gasteiger charge is -2.36. The van der Waals surface area contributed by atoms with Crippen LogP contribution >= 0.6 is 0 Å². The molecule has 0 saturated heterocycles. The molecule has 4 atom stereocenters. The van der Waals surface area contributed by atoms with Crippen LogP contribution in [0.25, 0.3) is 10.8 Å². The summed E-state index contributed by atoms with van der Waals surface area (Å²) in [5.41, 5.74) is 13.7. The third-order valence-corrected chi connectivity index (χ3v) is 3.78. The van der Waals surface area contributed by atoms with E-state index in [1.807, 2.05) is 36.4 Å². The monoisotopic (exact) mass is 244 g/mol. The van der Waals surface area contributed by atoms with Crippen molar-refractivity contribution in [3.05, 3.63) is 47.5 Å². The van der Waals surface area contributed by atoms with Crippen LogP contribution in [0, 0.1) is 0 Å². The molecule has 0 amide bonds. The van der Waals surface area contributed by atoms with Crippen molar-refractivity contribution in [2.45, 2.75) is 24.3 Å². The number of hydrogen-bond acceptors (Lipinski definition) is 4. The average Bonchev–Trinajstić information content (AvgIpc) is 2.41. The van der Waals surface area contributed by atoms with Crippen LogP contribution in [0.15, 0.2) is 36.4 Å². The van der Waals surface area contributed by atoms with E-state index in [0.29, 0.717) is 0 Å². The highest BCUT2D eigenvalue weighted by atomic mass is 16.3. The summed E-state index contributed by atoms with van der Waals surface area (Å²) < 4.78 is 0. The topological polar surface area (TPSA) is 92.5 Å². The largest absolute Gasteiger partial charge is 0.388 e. The maximum Gasteiger partial charge on any atom is 0.101 e. The first-order valence-corrected chi connectivity index (χ1v) is 6.00. The molecule has 0 fully saturated rings. The summed E-state index contributed by atoms with van der Waals surface area (Å²) in [5, 5.41) is 21.9. The molecule has 6 N–H and O–H groups in total. The predicted octanol–water partition coefficient (Wildman–Crippen LogP) is 0.575. The van der Waals surface area contributed by atoms with Gasteiger partial charge in [-0.05, 0) is 21.9 Å². The summed E-state index contributed by atoms with van der Waals surface area (Å²) in [4.78, 5) is 0. The van der Waals surface area contributed by atoms with E-state index in [9.17, 15) is 10.2 Å². The number of aliphatic hydroxyl groups is 2. The average molecular weight is 244 g/mol. The highest BCUT2D eigenvalue weighted by Gasteiger charge is 2.38. The summed E-state index contributed by atoms with van der Waals surface area (Å²) in [6.45, 7) is 0. The van der Waals surface area contributed by atoms with Crippen molar-refractivity contribution in [3.63, 3.8) is 0 Å². The molecule has 0 spiro atoms. The minimum absolute atomic E-state index is 0.598. The standard InChI is InChI=1S/C14H16N2O2/c15-11-9-6-5-7-3-1-2-4-8(7)10(9)12(16)14(18)13(11)17/h1-6,11-14,17-18H,15-16H2/t11-,12+,13+,14-/m0/s1. The van der Waals surface area contributed by atoms with Gasteiger partial charge in [-0.2, -0.15) is 0 Å².